The van der Waals surface area contributed by atoms with Crippen molar-refractivity contribution < 1.29 is 9.53 Å². The molecule has 1 heterocycles. The molecular weight excluding hydrogens is 208 g/mol. The van der Waals surface area contributed by atoms with Gasteiger partial charge in [-0.25, -0.2) is 0 Å². The molecule has 3 heteroatoms. The van der Waals surface area contributed by atoms with Crippen molar-refractivity contribution in [3.63, 3.8) is 0 Å². The van der Waals surface area contributed by atoms with Crippen LogP contribution in [-0.4, -0.2) is 6.29 Å². The smallest absolute Gasteiger partial charge is 0.181 e. The molecule has 0 atom stereocenters. The summed E-state index contributed by atoms with van der Waals surface area (Å²) in [5.41, 5.74) is 1.15. The summed E-state index contributed by atoms with van der Waals surface area (Å²) in [5.74, 6) is 0.800. The van der Waals surface area contributed by atoms with Gasteiger partial charge >= 0.3 is 0 Å². The topological polar surface area (TPSA) is 26.3 Å². The Hall–Kier alpha value is -1.61. The molecule has 2 aromatic rings. The second-order valence-corrected chi connectivity index (χ2v) is 4.27. The summed E-state index contributed by atoms with van der Waals surface area (Å²) in [6.07, 6.45) is 0.827. The van der Waals surface area contributed by atoms with Crippen molar-refractivity contribution in [3.05, 3.63) is 46.8 Å². The summed E-state index contributed by atoms with van der Waals surface area (Å²) in [4.78, 5) is 11.2. The molecule has 0 aliphatic heterocycles. The minimum Gasteiger partial charge on any atom is -0.447 e. The van der Waals surface area contributed by atoms with Crippen molar-refractivity contribution in [2.75, 3.05) is 0 Å². The fourth-order valence-electron chi connectivity index (χ4n) is 1.25. The number of hydrogen-bond acceptors (Lipinski definition) is 3. The molecule has 0 unspecified atom stereocenters. The highest BCUT2D eigenvalue weighted by Gasteiger charge is 2.01. The molecule has 0 fully saturated rings. The monoisotopic (exact) mass is 218 g/mol. The van der Waals surface area contributed by atoms with Gasteiger partial charge in [0.25, 0.3) is 0 Å². The summed E-state index contributed by atoms with van der Waals surface area (Å²) in [7, 11) is 0. The first kappa shape index (κ1) is 9.93. The van der Waals surface area contributed by atoms with Gasteiger partial charge in [0.05, 0.1) is 4.88 Å². The Morgan fingerprint density at radius 1 is 1.27 bits per heavy atom. The third-order valence-electron chi connectivity index (χ3n) is 1.93. The highest BCUT2D eigenvalue weighted by atomic mass is 32.1. The molecule has 76 valence electrons. The second kappa shape index (κ2) is 4.28. The average Bonchev–Trinajstić information content (AvgIpc) is 2.65. The van der Waals surface area contributed by atoms with E-state index in [1.54, 1.807) is 12.1 Å². The van der Waals surface area contributed by atoms with Crippen LogP contribution in [0.1, 0.15) is 15.2 Å². The highest BCUT2D eigenvalue weighted by Crippen LogP contribution is 2.28. The molecule has 0 amide bonds. The van der Waals surface area contributed by atoms with E-state index in [-0.39, 0.29) is 0 Å². The maximum Gasteiger partial charge on any atom is 0.181 e. The fraction of sp³-hybridized carbons (Fsp3) is 0.0833. The van der Waals surface area contributed by atoms with E-state index in [2.05, 4.69) is 0 Å². The SMILES string of the molecule is Cc1cccc(Oc2ccc(C=O)s2)c1. The van der Waals surface area contributed by atoms with Gasteiger partial charge < -0.3 is 4.74 Å². The van der Waals surface area contributed by atoms with Gasteiger partial charge in [0.15, 0.2) is 11.3 Å². The number of ether oxygens (including phenoxy) is 1. The average molecular weight is 218 g/mol. The zero-order valence-electron chi connectivity index (χ0n) is 8.27. The van der Waals surface area contributed by atoms with Crippen molar-refractivity contribution >= 4 is 17.6 Å². The van der Waals surface area contributed by atoms with Crippen LogP contribution in [0.4, 0.5) is 0 Å². The van der Waals surface area contributed by atoms with E-state index in [1.807, 2.05) is 31.2 Å². The first-order chi connectivity index (χ1) is 7.28. The molecule has 1 aromatic carbocycles. The normalized spacial score (nSPS) is 9.93. The van der Waals surface area contributed by atoms with E-state index < -0.39 is 0 Å². The van der Waals surface area contributed by atoms with Crippen LogP contribution in [0.25, 0.3) is 0 Å². The number of rotatable bonds is 3. The Kier molecular flexibility index (Phi) is 2.83. The number of benzene rings is 1. The van der Waals surface area contributed by atoms with Gasteiger partial charge in [-0.1, -0.05) is 23.5 Å². The molecular formula is C12H10O2S. The van der Waals surface area contributed by atoms with E-state index in [0.29, 0.717) is 4.88 Å². The lowest BCUT2D eigenvalue weighted by molar-refractivity contribution is 0.112. The van der Waals surface area contributed by atoms with Crippen LogP contribution in [0.2, 0.25) is 0 Å². The van der Waals surface area contributed by atoms with Crippen LogP contribution in [0.5, 0.6) is 10.8 Å². The Labute approximate surface area is 92.1 Å². The van der Waals surface area contributed by atoms with Gasteiger partial charge in [-0.2, -0.15) is 0 Å². The quantitative estimate of drug-likeness (QED) is 0.735. The third kappa shape index (κ3) is 2.44. The molecule has 0 saturated carbocycles. The predicted molar refractivity (Wildman–Crippen MR) is 61.0 cm³/mol. The summed E-state index contributed by atoms with van der Waals surface area (Å²) in [6, 6.07) is 11.4. The molecule has 0 saturated heterocycles. The largest absolute Gasteiger partial charge is 0.447 e. The van der Waals surface area contributed by atoms with Crippen molar-refractivity contribution in [2.45, 2.75) is 6.92 Å². The zero-order valence-corrected chi connectivity index (χ0v) is 9.08. The predicted octanol–water partition coefficient (Wildman–Crippen LogP) is 3.66. The fourth-order valence-corrected chi connectivity index (χ4v) is 1.94. The molecule has 1 aromatic heterocycles. The summed E-state index contributed by atoms with van der Waals surface area (Å²) >= 11 is 1.34. The van der Waals surface area contributed by atoms with Gasteiger partial charge in [-0.05, 0) is 36.8 Å². The van der Waals surface area contributed by atoms with E-state index in [1.165, 1.54) is 11.3 Å². The molecule has 0 radical (unpaired) electrons. The van der Waals surface area contributed by atoms with E-state index >= 15 is 0 Å². The minimum atomic E-state index is 0.678. The number of carbonyl (C=O) groups is 1. The number of carbonyl (C=O) groups excluding carboxylic acids is 1. The van der Waals surface area contributed by atoms with E-state index in [0.717, 1.165) is 22.7 Å². The molecule has 0 N–H and O–H groups in total. The lowest BCUT2D eigenvalue weighted by Crippen LogP contribution is -1.80. The van der Waals surface area contributed by atoms with E-state index in [4.69, 9.17) is 4.74 Å². The van der Waals surface area contributed by atoms with Crippen LogP contribution in [0, 0.1) is 6.92 Å². The highest BCUT2D eigenvalue weighted by molar-refractivity contribution is 7.15. The molecule has 2 rings (SSSR count). The van der Waals surface area contributed by atoms with Crippen molar-refractivity contribution in [3.8, 4) is 10.8 Å². The van der Waals surface area contributed by atoms with Crippen LogP contribution >= 0.6 is 11.3 Å². The van der Waals surface area contributed by atoms with Crippen LogP contribution in [0.15, 0.2) is 36.4 Å². The molecule has 0 aliphatic rings. The molecule has 0 aliphatic carbocycles. The molecule has 0 bridgehead atoms. The van der Waals surface area contributed by atoms with Gasteiger partial charge in [0, 0.05) is 0 Å². The molecule has 15 heavy (non-hydrogen) atoms. The number of thiophene rings is 1. The zero-order chi connectivity index (χ0) is 10.7. The van der Waals surface area contributed by atoms with Crippen molar-refractivity contribution in [2.24, 2.45) is 0 Å². The Morgan fingerprint density at radius 3 is 2.80 bits per heavy atom. The third-order valence-corrected chi connectivity index (χ3v) is 2.81. The maximum atomic E-state index is 10.5. The lowest BCUT2D eigenvalue weighted by Gasteiger charge is -2.02. The maximum absolute atomic E-state index is 10.5. The van der Waals surface area contributed by atoms with Crippen molar-refractivity contribution in [1.29, 1.82) is 0 Å². The van der Waals surface area contributed by atoms with Crippen LogP contribution in [0.3, 0.4) is 0 Å². The van der Waals surface area contributed by atoms with Gasteiger partial charge in [-0.3, -0.25) is 4.79 Å². The van der Waals surface area contributed by atoms with Gasteiger partial charge in [0.1, 0.15) is 5.75 Å². The Balaban J connectivity index is 2.18. The Bertz CT molecular complexity index is 474. The summed E-state index contributed by atoms with van der Waals surface area (Å²) < 4.78 is 5.60. The second-order valence-electron chi connectivity index (χ2n) is 3.19. The minimum absolute atomic E-state index is 0.678. The summed E-state index contributed by atoms with van der Waals surface area (Å²) in [6.45, 7) is 2.01. The van der Waals surface area contributed by atoms with Crippen molar-refractivity contribution in [1.82, 2.24) is 0 Å². The number of aldehydes is 1. The van der Waals surface area contributed by atoms with E-state index in [9.17, 15) is 4.79 Å². The van der Waals surface area contributed by atoms with Crippen LogP contribution < -0.4 is 4.74 Å². The van der Waals surface area contributed by atoms with Crippen LogP contribution in [-0.2, 0) is 0 Å². The number of aryl methyl sites for hydroxylation is 1. The lowest BCUT2D eigenvalue weighted by atomic mass is 10.2. The number of hydrogen-bond donors (Lipinski definition) is 0. The summed E-state index contributed by atoms with van der Waals surface area (Å²) in [5, 5.41) is 0.739. The van der Waals surface area contributed by atoms with Gasteiger partial charge in [0.2, 0.25) is 0 Å². The molecule has 2 nitrogen and oxygen atoms in total. The Morgan fingerprint density at radius 2 is 2.13 bits per heavy atom. The molecule has 0 spiro atoms. The van der Waals surface area contributed by atoms with Gasteiger partial charge in [-0.15, -0.1) is 0 Å². The first-order valence-electron chi connectivity index (χ1n) is 4.57. The first-order valence-corrected chi connectivity index (χ1v) is 5.39. The standard InChI is InChI=1S/C12H10O2S/c1-9-3-2-4-10(7-9)14-12-6-5-11(8-13)15-12/h2-8H,1H3.